The molecule has 2 saturated heterocycles. The Kier molecular flexibility index (Phi) is 8.64. The zero-order valence-corrected chi connectivity index (χ0v) is 20.4. The van der Waals surface area contributed by atoms with Gasteiger partial charge in [-0.05, 0) is 37.0 Å². The van der Waals surface area contributed by atoms with Crippen LogP contribution in [-0.2, 0) is 28.3 Å². The Morgan fingerprint density at radius 1 is 1.03 bits per heavy atom. The van der Waals surface area contributed by atoms with E-state index in [2.05, 4.69) is 15.3 Å². The summed E-state index contributed by atoms with van der Waals surface area (Å²) in [5.74, 6) is -2.19. The van der Waals surface area contributed by atoms with Gasteiger partial charge in [0.15, 0.2) is 0 Å². The van der Waals surface area contributed by atoms with Gasteiger partial charge in [0.2, 0.25) is 17.6 Å². The Bertz CT molecular complexity index is 1090. The first-order chi connectivity index (χ1) is 18.0. The second-order valence-corrected chi connectivity index (χ2v) is 9.34. The van der Waals surface area contributed by atoms with Crippen LogP contribution in [0.15, 0.2) is 30.3 Å². The quantitative estimate of drug-likeness (QED) is 0.510. The number of piperidine rings is 1. The molecule has 1 aromatic heterocycles. The molecule has 0 spiro atoms. The van der Waals surface area contributed by atoms with Crippen LogP contribution in [0.25, 0.3) is 0 Å². The molecule has 2 aliphatic heterocycles. The number of rotatable bonds is 7. The molecular weight excluding hydrogens is 518 g/mol. The van der Waals surface area contributed by atoms with Crippen molar-refractivity contribution in [1.82, 2.24) is 15.3 Å². The summed E-state index contributed by atoms with van der Waals surface area (Å²) in [6.07, 6.45) is -6.95. The van der Waals surface area contributed by atoms with Crippen LogP contribution in [0.1, 0.15) is 42.6 Å². The lowest BCUT2D eigenvalue weighted by molar-refractivity contribution is -0.145. The van der Waals surface area contributed by atoms with Crippen molar-refractivity contribution in [2.24, 2.45) is 5.92 Å². The number of ether oxygens (including phenoxy) is 2. The van der Waals surface area contributed by atoms with Crippen LogP contribution in [0.5, 0.6) is 5.88 Å². The van der Waals surface area contributed by atoms with Crippen LogP contribution in [0.4, 0.5) is 32.2 Å². The first-order valence-electron chi connectivity index (χ1n) is 12.4. The second-order valence-electron chi connectivity index (χ2n) is 9.34. The van der Waals surface area contributed by atoms with Gasteiger partial charge in [-0.1, -0.05) is 12.1 Å². The minimum Gasteiger partial charge on any atom is -0.474 e. The Labute approximate surface area is 215 Å². The van der Waals surface area contributed by atoms with E-state index in [0.717, 1.165) is 12.1 Å². The molecule has 0 saturated carbocycles. The zero-order valence-electron chi connectivity index (χ0n) is 20.4. The van der Waals surface area contributed by atoms with Crippen molar-refractivity contribution >= 4 is 11.7 Å². The lowest BCUT2D eigenvalue weighted by atomic mass is 9.97. The van der Waals surface area contributed by atoms with Gasteiger partial charge in [-0.15, -0.1) is 0 Å². The topological polar surface area (TPSA) is 76.6 Å². The molecule has 13 heteroatoms. The van der Waals surface area contributed by atoms with Crippen molar-refractivity contribution in [3.8, 4) is 5.88 Å². The highest BCUT2D eigenvalue weighted by molar-refractivity contribution is 5.79. The molecule has 2 fully saturated rings. The van der Waals surface area contributed by atoms with Crippen molar-refractivity contribution in [2.45, 2.75) is 50.6 Å². The number of amides is 1. The summed E-state index contributed by atoms with van der Waals surface area (Å²) in [6, 6.07) is 6.09. The van der Waals surface area contributed by atoms with Gasteiger partial charge in [0.05, 0.1) is 24.7 Å². The highest BCUT2D eigenvalue weighted by atomic mass is 19.4. The number of hydrogen-bond donors (Lipinski definition) is 1. The molecule has 0 bridgehead atoms. The van der Waals surface area contributed by atoms with Gasteiger partial charge < -0.3 is 19.7 Å². The third-order valence-corrected chi connectivity index (χ3v) is 6.51. The molecule has 1 aromatic carbocycles. The van der Waals surface area contributed by atoms with E-state index in [0.29, 0.717) is 57.4 Å². The van der Waals surface area contributed by atoms with Crippen molar-refractivity contribution in [3.05, 3.63) is 47.3 Å². The number of halogens is 6. The summed E-state index contributed by atoms with van der Waals surface area (Å²) in [5.41, 5.74) is -0.103. The molecule has 0 unspecified atom stereocenters. The van der Waals surface area contributed by atoms with E-state index >= 15 is 0 Å². The lowest BCUT2D eigenvalue weighted by Gasteiger charge is -2.33. The van der Waals surface area contributed by atoms with Gasteiger partial charge in [-0.2, -0.15) is 31.3 Å². The van der Waals surface area contributed by atoms with Crippen molar-refractivity contribution in [3.63, 3.8) is 0 Å². The Balaban J connectivity index is 1.37. The van der Waals surface area contributed by atoms with Crippen LogP contribution in [-0.4, -0.2) is 54.8 Å². The van der Waals surface area contributed by atoms with Gasteiger partial charge >= 0.3 is 12.4 Å². The van der Waals surface area contributed by atoms with E-state index in [1.807, 2.05) is 0 Å². The predicted octanol–water partition coefficient (Wildman–Crippen LogP) is 4.65. The Morgan fingerprint density at radius 2 is 1.74 bits per heavy atom. The number of nitrogens with one attached hydrogen (secondary N) is 1. The molecular formula is C25H28F6N4O3. The minimum absolute atomic E-state index is 0.0386. The minimum atomic E-state index is -4.77. The molecule has 1 amide bonds. The summed E-state index contributed by atoms with van der Waals surface area (Å²) in [7, 11) is 0. The van der Waals surface area contributed by atoms with E-state index in [1.54, 1.807) is 4.90 Å². The number of nitrogens with zero attached hydrogens (tertiary/aromatic N) is 3. The fraction of sp³-hybridized carbons (Fsp3) is 0.560. The summed E-state index contributed by atoms with van der Waals surface area (Å²) >= 11 is 0. The zero-order chi connectivity index (χ0) is 27.3. The van der Waals surface area contributed by atoms with E-state index in [-0.39, 0.29) is 36.8 Å². The fourth-order valence-corrected chi connectivity index (χ4v) is 4.46. The summed E-state index contributed by atoms with van der Waals surface area (Å²) in [4.78, 5) is 21.7. The number of benzene rings is 1. The number of anilines is 1. The highest BCUT2D eigenvalue weighted by Crippen LogP contribution is 2.32. The first-order valence-corrected chi connectivity index (χ1v) is 12.4. The normalized spacial score (nSPS) is 19.3. The van der Waals surface area contributed by atoms with E-state index in [4.69, 9.17) is 9.47 Å². The summed E-state index contributed by atoms with van der Waals surface area (Å²) < 4.78 is 89.7. The van der Waals surface area contributed by atoms with E-state index < -0.39 is 29.7 Å². The van der Waals surface area contributed by atoms with Crippen LogP contribution >= 0.6 is 0 Å². The molecule has 0 aliphatic carbocycles. The maximum atomic E-state index is 13.5. The monoisotopic (exact) mass is 546 g/mol. The first kappa shape index (κ1) is 27.9. The number of carbonyl (C=O) groups is 1. The number of aromatic nitrogens is 2. The Morgan fingerprint density at radius 3 is 2.39 bits per heavy atom. The molecule has 0 radical (unpaired) electrons. The number of alkyl halides is 6. The van der Waals surface area contributed by atoms with Crippen LogP contribution in [0, 0.1) is 5.92 Å². The highest BCUT2D eigenvalue weighted by Gasteiger charge is 2.37. The largest absolute Gasteiger partial charge is 0.474 e. The maximum absolute atomic E-state index is 13.5. The van der Waals surface area contributed by atoms with Crippen LogP contribution in [0.2, 0.25) is 0 Å². The van der Waals surface area contributed by atoms with E-state index in [9.17, 15) is 31.1 Å². The molecule has 7 nitrogen and oxygen atoms in total. The summed E-state index contributed by atoms with van der Waals surface area (Å²) in [6.45, 7) is 1.71. The lowest BCUT2D eigenvalue weighted by Crippen LogP contribution is -2.44. The molecule has 38 heavy (non-hydrogen) atoms. The van der Waals surface area contributed by atoms with Crippen molar-refractivity contribution in [2.75, 3.05) is 37.7 Å². The van der Waals surface area contributed by atoms with Gasteiger partial charge in [0, 0.05) is 38.5 Å². The molecule has 1 N–H and O–H groups in total. The van der Waals surface area contributed by atoms with Crippen LogP contribution in [0.3, 0.4) is 0 Å². The van der Waals surface area contributed by atoms with Crippen molar-refractivity contribution < 1.29 is 40.6 Å². The molecule has 4 rings (SSSR count). The SMILES string of the molecule is O=C(NCCc1ccc(C(F)(F)F)cc1)[C@@H]1CCCN(c2cc(OC3CCOCC3)nc(C(F)(F)F)n2)C1. The standard InChI is InChI=1S/C25H28F6N4O3/c26-24(27,28)18-5-3-16(4-6-18)7-10-32-22(36)17-2-1-11-35(15-17)20-14-21(34-23(33-20)25(29,30)31)38-19-8-12-37-13-9-19/h3-6,14,17,19H,1-2,7-13,15H2,(H,32,36)/t17-/m1/s1. The van der Waals surface area contributed by atoms with Gasteiger partial charge in [-0.25, -0.2) is 4.98 Å². The second kappa shape index (κ2) is 11.7. The third-order valence-electron chi connectivity index (χ3n) is 6.51. The maximum Gasteiger partial charge on any atom is 0.451 e. The predicted molar refractivity (Wildman–Crippen MR) is 125 cm³/mol. The van der Waals surface area contributed by atoms with E-state index in [1.165, 1.54) is 18.2 Å². The van der Waals surface area contributed by atoms with Crippen LogP contribution < -0.4 is 15.0 Å². The van der Waals surface area contributed by atoms with Gasteiger partial charge in [-0.3, -0.25) is 4.79 Å². The molecule has 2 aromatic rings. The summed E-state index contributed by atoms with van der Waals surface area (Å²) in [5, 5.41) is 2.78. The molecule has 208 valence electrons. The third kappa shape index (κ3) is 7.49. The molecule has 1 atom stereocenters. The molecule has 3 heterocycles. The smallest absolute Gasteiger partial charge is 0.451 e. The average Bonchev–Trinajstić information content (AvgIpc) is 2.88. The van der Waals surface area contributed by atoms with Crippen molar-refractivity contribution in [1.29, 1.82) is 0 Å². The average molecular weight is 547 g/mol. The number of carbonyl (C=O) groups excluding carboxylic acids is 1. The fourth-order valence-electron chi connectivity index (χ4n) is 4.46. The number of hydrogen-bond acceptors (Lipinski definition) is 6. The van der Waals surface area contributed by atoms with Gasteiger partial charge in [0.25, 0.3) is 0 Å². The molecule has 2 aliphatic rings. The Hall–Kier alpha value is -3.09. The van der Waals surface area contributed by atoms with Gasteiger partial charge in [0.1, 0.15) is 11.9 Å².